The largest absolute Gasteiger partial charge is 0.362 e. The summed E-state index contributed by atoms with van der Waals surface area (Å²) in [6.07, 6.45) is 4.54. The molecule has 0 radical (unpaired) electrons. The second kappa shape index (κ2) is 10.1. The molecule has 0 spiro atoms. The van der Waals surface area contributed by atoms with Crippen LogP contribution in [0.4, 0.5) is 11.8 Å². The van der Waals surface area contributed by atoms with Crippen LogP contribution in [0, 0.1) is 0 Å². The topological polar surface area (TPSA) is 53.1 Å². The van der Waals surface area contributed by atoms with E-state index >= 15 is 0 Å². The van der Waals surface area contributed by atoms with Crippen LogP contribution in [0.3, 0.4) is 0 Å². The maximum Gasteiger partial charge on any atom is 0.225 e. The third-order valence-corrected chi connectivity index (χ3v) is 5.83. The molecule has 2 aromatic carbocycles. The zero-order valence-corrected chi connectivity index (χ0v) is 17.8. The van der Waals surface area contributed by atoms with Crippen LogP contribution in [-0.4, -0.2) is 36.1 Å². The van der Waals surface area contributed by atoms with E-state index in [1.165, 1.54) is 5.56 Å². The van der Waals surface area contributed by atoms with Crippen LogP contribution in [0.5, 0.6) is 0 Å². The van der Waals surface area contributed by atoms with Crippen molar-refractivity contribution < 1.29 is 0 Å². The predicted molar refractivity (Wildman–Crippen MR) is 129 cm³/mol. The van der Waals surface area contributed by atoms with Crippen LogP contribution in [0.15, 0.2) is 48.5 Å². The molecule has 1 fully saturated rings. The average Bonchev–Trinajstić information content (AvgIpc) is 2.74. The fourth-order valence-electron chi connectivity index (χ4n) is 3.95. The number of para-hydroxylation sites is 1. The van der Waals surface area contributed by atoms with Gasteiger partial charge in [-0.1, -0.05) is 43.3 Å². The molecule has 160 valence electrons. The Kier molecular flexibility index (Phi) is 7.51. The van der Waals surface area contributed by atoms with Gasteiger partial charge < -0.3 is 15.5 Å². The van der Waals surface area contributed by atoms with E-state index in [1.54, 1.807) is 0 Å². The van der Waals surface area contributed by atoms with Crippen LogP contribution in [0.1, 0.15) is 38.7 Å². The van der Waals surface area contributed by atoms with Crippen molar-refractivity contribution in [1.29, 1.82) is 0 Å². The summed E-state index contributed by atoms with van der Waals surface area (Å²) in [6.45, 7) is 0.889. The second-order valence-corrected chi connectivity index (χ2v) is 8.42. The lowest BCUT2D eigenvalue weighted by Crippen LogP contribution is -2.37. The molecule has 1 heterocycles. The van der Waals surface area contributed by atoms with E-state index in [0.717, 1.165) is 59.9 Å². The summed E-state index contributed by atoms with van der Waals surface area (Å²) >= 11 is 5.96. The van der Waals surface area contributed by atoms with Gasteiger partial charge in [0.15, 0.2) is 0 Å². The van der Waals surface area contributed by atoms with E-state index in [0.29, 0.717) is 12.1 Å². The number of aromatic nitrogens is 2. The Balaban J connectivity index is 0.00000256. The van der Waals surface area contributed by atoms with Gasteiger partial charge in [-0.2, -0.15) is 4.98 Å². The minimum atomic E-state index is 0. The van der Waals surface area contributed by atoms with Gasteiger partial charge in [0.25, 0.3) is 0 Å². The smallest absolute Gasteiger partial charge is 0.225 e. The van der Waals surface area contributed by atoms with Gasteiger partial charge in [-0.25, -0.2) is 4.98 Å². The van der Waals surface area contributed by atoms with Crippen molar-refractivity contribution >= 4 is 34.3 Å². The first-order valence-electron chi connectivity index (χ1n) is 10.3. The molecule has 4 rings (SSSR count). The number of benzene rings is 2. The number of fused-ring (bicyclic) bond motifs is 1. The van der Waals surface area contributed by atoms with E-state index < -0.39 is 0 Å². The molecule has 1 aromatic heterocycles. The fourth-order valence-corrected chi connectivity index (χ4v) is 4.08. The van der Waals surface area contributed by atoms with Gasteiger partial charge in [0.1, 0.15) is 5.82 Å². The Hall–Kier alpha value is -2.37. The van der Waals surface area contributed by atoms with Crippen LogP contribution in [0.2, 0.25) is 5.02 Å². The molecule has 0 atom stereocenters. The van der Waals surface area contributed by atoms with Crippen molar-refractivity contribution in [1.82, 2.24) is 15.3 Å². The number of anilines is 2. The number of nitrogens with zero attached hydrogens (tertiary/aromatic N) is 3. The molecule has 1 saturated carbocycles. The molecule has 6 heteroatoms. The Labute approximate surface area is 184 Å². The Bertz CT molecular complexity index is 949. The van der Waals surface area contributed by atoms with Crippen LogP contribution >= 0.6 is 11.6 Å². The summed E-state index contributed by atoms with van der Waals surface area (Å²) < 4.78 is 0. The van der Waals surface area contributed by atoms with Gasteiger partial charge in [-0.05, 0) is 55.5 Å². The van der Waals surface area contributed by atoms with Crippen LogP contribution < -0.4 is 15.5 Å². The summed E-state index contributed by atoms with van der Waals surface area (Å²) in [4.78, 5) is 11.6. The van der Waals surface area contributed by atoms with Crippen molar-refractivity contribution in [3.8, 4) is 0 Å². The van der Waals surface area contributed by atoms with E-state index in [-0.39, 0.29) is 7.43 Å². The summed E-state index contributed by atoms with van der Waals surface area (Å²) in [5.41, 5.74) is 2.25. The molecular weight excluding hydrogens is 394 g/mol. The number of rotatable bonds is 6. The molecule has 2 N–H and O–H groups in total. The minimum absolute atomic E-state index is 0. The number of halogens is 1. The first-order chi connectivity index (χ1) is 14.1. The van der Waals surface area contributed by atoms with Gasteiger partial charge in [-0.15, -0.1) is 0 Å². The fraction of sp³-hybridized carbons (Fsp3) is 0.417. The minimum Gasteiger partial charge on any atom is -0.362 e. The van der Waals surface area contributed by atoms with Gasteiger partial charge in [0.05, 0.1) is 5.52 Å². The molecule has 0 amide bonds. The predicted octanol–water partition coefficient (Wildman–Crippen LogP) is 5.50. The molecular formula is C24H32ClN5. The monoisotopic (exact) mass is 425 g/mol. The molecule has 1 aliphatic carbocycles. The third kappa shape index (κ3) is 5.41. The first kappa shape index (κ1) is 22.3. The lowest BCUT2D eigenvalue weighted by atomic mass is 9.91. The first-order valence-corrected chi connectivity index (χ1v) is 10.6. The zero-order chi connectivity index (χ0) is 20.2. The number of nitrogens with one attached hydrogen (secondary N) is 2. The maximum atomic E-state index is 5.96. The summed E-state index contributed by atoms with van der Waals surface area (Å²) in [5, 5.41) is 9.13. The van der Waals surface area contributed by atoms with Gasteiger partial charge in [0.2, 0.25) is 5.95 Å². The molecule has 3 aromatic rings. The molecule has 5 nitrogen and oxygen atoms in total. The third-order valence-electron chi connectivity index (χ3n) is 5.58. The molecule has 30 heavy (non-hydrogen) atoms. The Morgan fingerprint density at radius 3 is 2.30 bits per heavy atom. The van der Waals surface area contributed by atoms with Gasteiger partial charge in [-0.3, -0.25) is 0 Å². The lowest BCUT2D eigenvalue weighted by molar-refractivity contribution is 0.352. The highest BCUT2D eigenvalue weighted by atomic mass is 35.5. The van der Waals surface area contributed by atoms with Crippen LogP contribution in [0.25, 0.3) is 10.9 Å². The molecule has 0 bridgehead atoms. The zero-order valence-electron chi connectivity index (χ0n) is 17.0. The molecule has 0 aliphatic heterocycles. The number of hydrogen-bond acceptors (Lipinski definition) is 5. The lowest BCUT2D eigenvalue weighted by Gasteiger charge is -2.30. The summed E-state index contributed by atoms with van der Waals surface area (Å²) in [6, 6.07) is 17.2. The van der Waals surface area contributed by atoms with E-state index in [4.69, 9.17) is 21.6 Å². The van der Waals surface area contributed by atoms with Crippen molar-refractivity contribution in [3.63, 3.8) is 0 Å². The normalized spacial score (nSPS) is 18.6. The van der Waals surface area contributed by atoms with E-state index in [9.17, 15) is 0 Å². The second-order valence-electron chi connectivity index (χ2n) is 7.98. The maximum absolute atomic E-state index is 5.96. The number of hydrogen-bond donors (Lipinski definition) is 2. The van der Waals surface area contributed by atoms with Crippen molar-refractivity contribution in [2.24, 2.45) is 0 Å². The Morgan fingerprint density at radius 1 is 0.933 bits per heavy atom. The van der Waals surface area contributed by atoms with E-state index in [1.807, 2.05) is 49.3 Å². The molecule has 0 unspecified atom stereocenters. The average molecular weight is 426 g/mol. The SMILES string of the molecule is C.CN(C)c1nc(NC2CCC(NCc3ccc(Cl)cc3)CC2)nc2ccccc12. The highest BCUT2D eigenvalue weighted by Crippen LogP contribution is 2.26. The van der Waals surface area contributed by atoms with Crippen LogP contribution in [-0.2, 0) is 6.54 Å². The van der Waals surface area contributed by atoms with Gasteiger partial charge >= 0.3 is 0 Å². The Morgan fingerprint density at radius 2 is 1.60 bits per heavy atom. The molecule has 0 saturated heterocycles. The van der Waals surface area contributed by atoms with Crippen molar-refractivity contribution in [2.45, 2.75) is 51.7 Å². The highest BCUT2D eigenvalue weighted by molar-refractivity contribution is 6.30. The quantitative estimate of drug-likeness (QED) is 0.546. The van der Waals surface area contributed by atoms with Crippen molar-refractivity contribution in [3.05, 3.63) is 59.1 Å². The van der Waals surface area contributed by atoms with E-state index in [2.05, 4.69) is 28.8 Å². The van der Waals surface area contributed by atoms with Crippen molar-refractivity contribution in [2.75, 3.05) is 24.3 Å². The summed E-state index contributed by atoms with van der Waals surface area (Å²) in [5.74, 6) is 1.68. The highest BCUT2D eigenvalue weighted by Gasteiger charge is 2.22. The standard InChI is InChI=1S/C23H28ClN5.CH4/c1-29(2)22-20-5-3-4-6-21(20)27-23(28-22)26-19-13-11-18(12-14-19)25-15-16-7-9-17(24)10-8-16;/h3-10,18-19,25H,11-15H2,1-2H3,(H,26,27,28);1H4. The van der Waals surface area contributed by atoms with Gasteiger partial charge in [0, 0.05) is 43.1 Å². The molecule has 1 aliphatic rings. The summed E-state index contributed by atoms with van der Waals surface area (Å²) in [7, 11) is 4.05.